The first kappa shape index (κ1) is 35.2. The number of ether oxygens (including phenoxy) is 2. The first-order valence-electron chi connectivity index (χ1n) is 13.3. The molecule has 4 rings (SSSR count). The second-order valence-electron chi connectivity index (χ2n) is 10.6. The highest BCUT2D eigenvalue weighted by Gasteiger charge is 2.32. The smallest absolute Gasteiger partial charge is 0.491 e. The number of thiophene rings is 1. The number of carbonyl (C=O) groups excluding carboxylic acids is 1. The summed E-state index contributed by atoms with van der Waals surface area (Å²) in [5, 5.41) is 3.02. The lowest BCUT2D eigenvalue weighted by Crippen LogP contribution is -2.35. The Labute approximate surface area is 272 Å². The van der Waals surface area contributed by atoms with Crippen LogP contribution in [0.5, 0.6) is 11.5 Å². The number of carbonyl (C=O) groups is 1. The van der Waals surface area contributed by atoms with E-state index in [0.717, 1.165) is 17.5 Å². The third-order valence-corrected chi connectivity index (χ3v) is 10.5. The van der Waals surface area contributed by atoms with Gasteiger partial charge in [-0.1, -0.05) is 18.5 Å². The summed E-state index contributed by atoms with van der Waals surface area (Å²) in [5.74, 6) is -1.53. The molecule has 46 heavy (non-hydrogen) atoms. The van der Waals surface area contributed by atoms with Crippen molar-refractivity contribution >= 4 is 70.7 Å². The van der Waals surface area contributed by atoms with E-state index in [1.165, 1.54) is 24.3 Å². The molecule has 0 saturated heterocycles. The zero-order valence-electron chi connectivity index (χ0n) is 24.9. The number of fused-ring (bicyclic) bond motifs is 1. The molecule has 0 fully saturated rings. The minimum Gasteiger partial charge on any atom is -0.491 e. The van der Waals surface area contributed by atoms with Gasteiger partial charge in [0.15, 0.2) is 5.82 Å². The number of anilines is 2. The molecule has 2 aromatic carbocycles. The number of benzene rings is 2. The van der Waals surface area contributed by atoms with Crippen molar-refractivity contribution in [3.05, 3.63) is 69.7 Å². The van der Waals surface area contributed by atoms with Crippen molar-refractivity contribution in [2.45, 2.75) is 45.6 Å². The van der Waals surface area contributed by atoms with Crippen molar-refractivity contribution < 1.29 is 44.3 Å². The average molecular weight is 721 g/mol. The second-order valence-corrected chi connectivity index (χ2v) is 16.0. The van der Waals surface area contributed by atoms with E-state index in [4.69, 9.17) is 16.3 Å². The lowest BCUT2D eigenvalue weighted by atomic mass is 9.93. The number of rotatable bonds is 11. The van der Waals surface area contributed by atoms with Gasteiger partial charge >= 0.3 is 6.36 Å². The Morgan fingerprint density at radius 1 is 1.00 bits per heavy atom. The molecule has 1 N–H and O–H groups in total. The number of halogens is 4. The number of nitrogens with one attached hydrogen (secondary N) is 1. The monoisotopic (exact) mass is 720 g/mol. The Kier molecular flexibility index (Phi) is 10.1. The minimum absolute atomic E-state index is 0.100. The molecule has 11 nitrogen and oxygen atoms in total. The van der Waals surface area contributed by atoms with Gasteiger partial charge in [0.1, 0.15) is 21.8 Å². The van der Waals surface area contributed by atoms with Crippen LogP contribution in [0.15, 0.2) is 48.7 Å². The fourth-order valence-electron chi connectivity index (χ4n) is 4.51. The molecule has 4 aromatic rings. The Hall–Kier alpha value is -3.67. The van der Waals surface area contributed by atoms with Crippen LogP contribution in [0.4, 0.5) is 24.7 Å². The van der Waals surface area contributed by atoms with E-state index in [-0.39, 0.29) is 36.7 Å². The van der Waals surface area contributed by atoms with E-state index in [1.54, 1.807) is 32.0 Å². The van der Waals surface area contributed by atoms with Gasteiger partial charge in [-0.3, -0.25) is 4.79 Å². The summed E-state index contributed by atoms with van der Waals surface area (Å²) in [6.45, 7) is 5.30. The Bertz CT molecular complexity index is 1970. The summed E-state index contributed by atoms with van der Waals surface area (Å²) in [6.07, 6.45) is -2.43. The van der Waals surface area contributed by atoms with Gasteiger partial charge in [-0.05, 0) is 73.7 Å². The van der Waals surface area contributed by atoms with Crippen molar-refractivity contribution in [2.24, 2.45) is 0 Å². The maximum atomic E-state index is 13.1. The molecule has 0 bridgehead atoms. The van der Waals surface area contributed by atoms with E-state index in [2.05, 4.69) is 20.0 Å². The maximum absolute atomic E-state index is 13.1. The molecule has 0 radical (unpaired) electrons. The number of hydrogen-bond donors (Lipinski definition) is 1. The third-order valence-electron chi connectivity index (χ3n) is 6.07. The van der Waals surface area contributed by atoms with Crippen molar-refractivity contribution in [1.82, 2.24) is 9.97 Å². The molecule has 0 saturated carbocycles. The van der Waals surface area contributed by atoms with Crippen LogP contribution in [0.2, 0.25) is 5.02 Å². The highest BCUT2D eigenvalue weighted by atomic mass is 35.5. The number of alkyl halides is 3. The van der Waals surface area contributed by atoms with Crippen molar-refractivity contribution in [3.8, 4) is 11.5 Å². The van der Waals surface area contributed by atoms with Crippen molar-refractivity contribution in [3.63, 3.8) is 0 Å². The summed E-state index contributed by atoms with van der Waals surface area (Å²) in [6, 6.07) is 10.3. The molecule has 0 aliphatic carbocycles. The zero-order valence-corrected chi connectivity index (χ0v) is 28.1. The van der Waals surface area contributed by atoms with E-state index in [9.17, 15) is 34.8 Å². The molecular formula is C28H28ClF3N4O7S3. The van der Waals surface area contributed by atoms with Crippen LogP contribution in [-0.2, 0) is 26.5 Å². The van der Waals surface area contributed by atoms with Gasteiger partial charge in [0.2, 0.25) is 20.0 Å². The Balaban J connectivity index is 1.56. The fraction of sp³-hybridized carbons (Fsp3) is 0.321. The minimum atomic E-state index is -4.88. The van der Waals surface area contributed by atoms with Crippen LogP contribution in [0.25, 0.3) is 10.3 Å². The van der Waals surface area contributed by atoms with E-state index in [0.29, 0.717) is 40.8 Å². The summed E-state index contributed by atoms with van der Waals surface area (Å²) >= 11 is 7.28. The summed E-state index contributed by atoms with van der Waals surface area (Å²) in [7, 11) is -8.50. The molecule has 248 valence electrons. The predicted octanol–water partition coefficient (Wildman–Crippen LogP) is 6.35. The molecule has 1 amide bonds. The molecule has 0 spiro atoms. The highest BCUT2D eigenvalue weighted by Crippen LogP contribution is 2.34. The van der Waals surface area contributed by atoms with Gasteiger partial charge in [0.05, 0.1) is 29.7 Å². The van der Waals surface area contributed by atoms with E-state index >= 15 is 0 Å². The molecule has 0 aliphatic rings. The van der Waals surface area contributed by atoms with E-state index in [1.807, 2.05) is 6.92 Å². The fourth-order valence-corrected chi connectivity index (χ4v) is 8.43. The highest BCUT2D eigenvalue weighted by molar-refractivity contribution is 8.09. The quantitative estimate of drug-likeness (QED) is 0.187. The largest absolute Gasteiger partial charge is 0.573 e. The lowest BCUT2D eigenvalue weighted by Gasteiger charge is -2.18. The average Bonchev–Trinajstić information content (AvgIpc) is 3.29. The second kappa shape index (κ2) is 13.2. The first-order chi connectivity index (χ1) is 21.2. The van der Waals surface area contributed by atoms with Crippen LogP contribution in [0, 0.1) is 0 Å². The maximum Gasteiger partial charge on any atom is 0.573 e. The standard InChI is InChI=1S/C28H28ClF3N4O7S3/c1-15(2)42-21-9-18(10-22(12-21)43-28(30,31)32)16(3)6-17-7-19(29)11-20(8-17)34-26(37)24-13-23-27(44-24)33-14-25(35-23)36(45(4,38)39)46(5,40)41/h7-16H,6H2,1-5H3,(H,34,37). The van der Waals surface area contributed by atoms with E-state index < -0.39 is 43.9 Å². The van der Waals surface area contributed by atoms with Crippen LogP contribution in [0.3, 0.4) is 0 Å². The summed E-state index contributed by atoms with van der Waals surface area (Å²) < 4.78 is 97.2. The number of aromatic nitrogens is 2. The van der Waals surface area contributed by atoms with Crippen molar-refractivity contribution in [1.29, 1.82) is 0 Å². The molecule has 1 atom stereocenters. The Morgan fingerprint density at radius 2 is 1.65 bits per heavy atom. The molecule has 0 aliphatic heterocycles. The summed E-state index contributed by atoms with van der Waals surface area (Å²) in [5.41, 5.74) is 1.63. The number of nitrogens with zero attached hydrogens (tertiary/aromatic N) is 3. The van der Waals surface area contributed by atoms with Crippen LogP contribution in [0.1, 0.15) is 47.5 Å². The Morgan fingerprint density at radius 3 is 2.26 bits per heavy atom. The molecule has 2 aromatic heterocycles. The van der Waals surface area contributed by atoms with Gasteiger partial charge in [-0.2, -0.15) is 0 Å². The molecule has 1 unspecified atom stereocenters. The van der Waals surface area contributed by atoms with Gasteiger partial charge in [-0.25, -0.2) is 26.8 Å². The normalized spacial score (nSPS) is 13.1. The first-order valence-corrected chi connectivity index (χ1v) is 18.2. The van der Waals surface area contributed by atoms with Gasteiger partial charge < -0.3 is 14.8 Å². The zero-order chi connectivity index (χ0) is 34.2. The van der Waals surface area contributed by atoms with Crippen molar-refractivity contribution in [2.75, 3.05) is 21.5 Å². The molecule has 2 heterocycles. The number of hydrogen-bond acceptors (Lipinski definition) is 10. The molecular weight excluding hydrogens is 693 g/mol. The van der Waals surface area contributed by atoms with Crippen LogP contribution >= 0.6 is 22.9 Å². The van der Waals surface area contributed by atoms with Crippen LogP contribution in [-0.4, -0.2) is 57.7 Å². The van der Waals surface area contributed by atoms with Gasteiger partial charge in [-0.15, -0.1) is 28.2 Å². The van der Waals surface area contributed by atoms with Gasteiger partial charge in [0, 0.05) is 16.8 Å². The predicted molar refractivity (Wildman–Crippen MR) is 170 cm³/mol. The molecule has 18 heteroatoms. The van der Waals surface area contributed by atoms with Gasteiger partial charge in [0.25, 0.3) is 5.91 Å². The lowest BCUT2D eigenvalue weighted by molar-refractivity contribution is -0.274. The topological polar surface area (TPSA) is 145 Å². The number of amides is 1. The summed E-state index contributed by atoms with van der Waals surface area (Å²) in [4.78, 5) is 21.7. The third kappa shape index (κ3) is 9.20. The SMILES string of the molecule is CC(C)Oc1cc(OC(F)(F)F)cc(C(C)Cc2cc(Cl)cc(NC(=O)c3cc4nc(N(S(C)(=O)=O)S(C)(=O)=O)cnc4s3)c2)c1. The number of sulfonamides is 2. The van der Waals surface area contributed by atoms with Crippen LogP contribution < -0.4 is 18.5 Å².